The lowest BCUT2D eigenvalue weighted by Gasteiger charge is -2.31. The molecule has 2 aromatic heterocycles. The minimum Gasteiger partial charge on any atom is -0.459 e. The summed E-state index contributed by atoms with van der Waals surface area (Å²) in [5.41, 5.74) is 1.45. The zero-order chi connectivity index (χ0) is 22.1. The van der Waals surface area contributed by atoms with Crippen molar-refractivity contribution in [1.29, 1.82) is 0 Å². The molecule has 1 saturated heterocycles. The van der Waals surface area contributed by atoms with E-state index in [0.29, 0.717) is 24.5 Å². The Balaban J connectivity index is 1.50. The average molecular weight is 440 g/mol. The van der Waals surface area contributed by atoms with E-state index in [1.165, 1.54) is 18.8 Å². The standard InChI is InChI=1S/C23H22F2N4O3/c24-17-7-6-15(13-18(17)25)32-21-16-14-29(22(30)20-5-4-12-31-20)11-8-19(16)26-23(27-21)28-9-2-1-3-10-28/h4-7,12-13H,1-3,8-11,14H2. The van der Waals surface area contributed by atoms with Gasteiger partial charge in [-0.05, 0) is 43.5 Å². The second kappa shape index (κ2) is 8.57. The van der Waals surface area contributed by atoms with E-state index in [9.17, 15) is 13.6 Å². The van der Waals surface area contributed by atoms with Crippen LogP contribution < -0.4 is 9.64 Å². The Labute approximate surface area is 183 Å². The highest BCUT2D eigenvalue weighted by Crippen LogP contribution is 2.33. The summed E-state index contributed by atoms with van der Waals surface area (Å²) in [7, 11) is 0. The molecule has 9 heteroatoms. The van der Waals surface area contributed by atoms with Crippen LogP contribution in [0.15, 0.2) is 41.0 Å². The molecule has 166 valence electrons. The number of carbonyl (C=O) groups excluding carboxylic acids is 1. The van der Waals surface area contributed by atoms with Crippen molar-refractivity contribution in [3.8, 4) is 11.6 Å². The number of furan rings is 1. The Morgan fingerprint density at radius 2 is 1.88 bits per heavy atom. The van der Waals surface area contributed by atoms with Gasteiger partial charge in [0.25, 0.3) is 5.91 Å². The summed E-state index contributed by atoms with van der Waals surface area (Å²) in [6, 6.07) is 6.63. The first-order valence-corrected chi connectivity index (χ1v) is 10.7. The van der Waals surface area contributed by atoms with Crippen molar-refractivity contribution < 1.29 is 22.7 Å². The largest absolute Gasteiger partial charge is 0.459 e. The fourth-order valence-electron chi connectivity index (χ4n) is 4.07. The Morgan fingerprint density at radius 1 is 1.03 bits per heavy atom. The molecular formula is C23H22F2N4O3. The normalized spacial score (nSPS) is 16.1. The number of fused-ring (bicyclic) bond motifs is 1. The van der Waals surface area contributed by atoms with Gasteiger partial charge in [-0.25, -0.2) is 13.8 Å². The number of ether oxygens (including phenoxy) is 1. The van der Waals surface area contributed by atoms with E-state index in [-0.39, 0.29) is 29.8 Å². The summed E-state index contributed by atoms with van der Waals surface area (Å²) in [6.45, 7) is 2.42. The molecule has 0 N–H and O–H groups in total. The van der Waals surface area contributed by atoms with E-state index in [0.717, 1.165) is 43.8 Å². The molecular weight excluding hydrogens is 418 g/mol. The van der Waals surface area contributed by atoms with Gasteiger partial charge in [0.2, 0.25) is 11.8 Å². The van der Waals surface area contributed by atoms with Crippen molar-refractivity contribution in [2.24, 2.45) is 0 Å². The van der Waals surface area contributed by atoms with E-state index >= 15 is 0 Å². The molecule has 0 atom stereocenters. The molecule has 2 aliphatic heterocycles. The molecule has 0 spiro atoms. The third-order valence-corrected chi connectivity index (χ3v) is 5.77. The van der Waals surface area contributed by atoms with Crippen LogP contribution in [0, 0.1) is 11.6 Å². The van der Waals surface area contributed by atoms with E-state index in [1.807, 2.05) is 0 Å². The van der Waals surface area contributed by atoms with Gasteiger partial charge >= 0.3 is 0 Å². The van der Waals surface area contributed by atoms with Gasteiger partial charge in [-0.2, -0.15) is 4.98 Å². The van der Waals surface area contributed by atoms with Crippen molar-refractivity contribution >= 4 is 11.9 Å². The SMILES string of the molecule is O=C(c1ccco1)N1CCc2nc(N3CCCCC3)nc(Oc3ccc(F)c(F)c3)c2C1. The van der Waals surface area contributed by atoms with E-state index in [4.69, 9.17) is 14.1 Å². The highest BCUT2D eigenvalue weighted by atomic mass is 19.2. The number of hydrogen-bond acceptors (Lipinski definition) is 6. The molecule has 1 fully saturated rings. The van der Waals surface area contributed by atoms with Crippen LogP contribution >= 0.6 is 0 Å². The minimum atomic E-state index is -1.00. The van der Waals surface area contributed by atoms with Gasteiger partial charge in [-0.15, -0.1) is 0 Å². The number of halogens is 2. The predicted octanol–water partition coefficient (Wildman–Crippen LogP) is 4.33. The van der Waals surface area contributed by atoms with Crippen LogP contribution in [0.4, 0.5) is 14.7 Å². The summed E-state index contributed by atoms with van der Waals surface area (Å²) in [4.78, 5) is 25.9. The Hall–Kier alpha value is -3.49. The van der Waals surface area contributed by atoms with Crippen LogP contribution in [0.3, 0.4) is 0 Å². The van der Waals surface area contributed by atoms with E-state index < -0.39 is 11.6 Å². The highest BCUT2D eigenvalue weighted by molar-refractivity contribution is 5.91. The van der Waals surface area contributed by atoms with Gasteiger partial charge in [0.15, 0.2) is 17.4 Å². The second-order valence-corrected chi connectivity index (χ2v) is 7.93. The first-order valence-electron chi connectivity index (χ1n) is 10.7. The van der Waals surface area contributed by atoms with Crippen LogP contribution in [-0.4, -0.2) is 40.4 Å². The smallest absolute Gasteiger partial charge is 0.289 e. The molecule has 1 aromatic carbocycles. The Bertz CT molecular complexity index is 1130. The molecule has 0 bridgehead atoms. The maximum atomic E-state index is 13.8. The monoisotopic (exact) mass is 440 g/mol. The van der Waals surface area contributed by atoms with Gasteiger partial charge in [-0.3, -0.25) is 4.79 Å². The zero-order valence-electron chi connectivity index (χ0n) is 17.4. The maximum Gasteiger partial charge on any atom is 0.289 e. The van der Waals surface area contributed by atoms with Crippen LogP contribution in [0.5, 0.6) is 11.6 Å². The van der Waals surface area contributed by atoms with E-state index in [1.54, 1.807) is 17.0 Å². The van der Waals surface area contributed by atoms with Gasteiger partial charge in [0.05, 0.1) is 24.1 Å². The molecule has 4 heterocycles. The summed E-state index contributed by atoms with van der Waals surface area (Å²) < 4.78 is 38.3. The quantitative estimate of drug-likeness (QED) is 0.602. The van der Waals surface area contributed by atoms with Crippen LogP contribution in [-0.2, 0) is 13.0 Å². The molecule has 0 unspecified atom stereocenters. The number of nitrogens with zero attached hydrogens (tertiary/aromatic N) is 4. The van der Waals surface area contributed by atoms with Crippen LogP contribution in [0.2, 0.25) is 0 Å². The fraction of sp³-hybridized carbons (Fsp3) is 0.348. The lowest BCUT2D eigenvalue weighted by Crippen LogP contribution is -2.37. The predicted molar refractivity (Wildman–Crippen MR) is 112 cm³/mol. The second-order valence-electron chi connectivity index (χ2n) is 7.93. The number of benzene rings is 1. The maximum absolute atomic E-state index is 13.8. The molecule has 5 rings (SSSR count). The topological polar surface area (TPSA) is 71.7 Å². The Kier molecular flexibility index (Phi) is 5.46. The average Bonchev–Trinajstić information content (AvgIpc) is 3.36. The third kappa shape index (κ3) is 4.02. The fourth-order valence-corrected chi connectivity index (χ4v) is 4.07. The van der Waals surface area contributed by atoms with E-state index in [2.05, 4.69) is 9.88 Å². The molecule has 1 amide bonds. The summed E-state index contributed by atoms with van der Waals surface area (Å²) in [6.07, 6.45) is 5.27. The number of piperidine rings is 1. The van der Waals surface area contributed by atoms with Gasteiger partial charge < -0.3 is 19.0 Å². The zero-order valence-corrected chi connectivity index (χ0v) is 17.4. The molecule has 0 radical (unpaired) electrons. The molecule has 3 aromatic rings. The number of amides is 1. The first kappa shape index (κ1) is 20.4. The highest BCUT2D eigenvalue weighted by Gasteiger charge is 2.29. The van der Waals surface area contributed by atoms with Crippen molar-refractivity contribution in [2.45, 2.75) is 32.2 Å². The summed E-state index contributed by atoms with van der Waals surface area (Å²) in [5.74, 6) is -1.00. The van der Waals surface area contributed by atoms with Crippen molar-refractivity contribution in [3.63, 3.8) is 0 Å². The number of carbonyl (C=O) groups is 1. The molecule has 0 aliphatic carbocycles. The number of hydrogen-bond donors (Lipinski definition) is 0. The number of aromatic nitrogens is 2. The Morgan fingerprint density at radius 3 is 2.62 bits per heavy atom. The number of anilines is 1. The molecule has 7 nitrogen and oxygen atoms in total. The molecule has 0 saturated carbocycles. The van der Waals surface area contributed by atoms with Crippen molar-refractivity contribution in [3.05, 3.63) is 65.2 Å². The van der Waals surface area contributed by atoms with Crippen LogP contribution in [0.25, 0.3) is 0 Å². The summed E-state index contributed by atoms with van der Waals surface area (Å²) in [5, 5.41) is 0. The van der Waals surface area contributed by atoms with Crippen molar-refractivity contribution in [2.75, 3.05) is 24.5 Å². The minimum absolute atomic E-state index is 0.129. The van der Waals surface area contributed by atoms with Gasteiger partial charge in [0, 0.05) is 32.1 Å². The first-order chi connectivity index (χ1) is 15.6. The molecule has 2 aliphatic rings. The van der Waals surface area contributed by atoms with Crippen molar-refractivity contribution in [1.82, 2.24) is 14.9 Å². The van der Waals surface area contributed by atoms with Gasteiger partial charge in [0.1, 0.15) is 5.75 Å². The van der Waals surface area contributed by atoms with Crippen LogP contribution in [0.1, 0.15) is 41.1 Å². The lowest BCUT2D eigenvalue weighted by molar-refractivity contribution is 0.0699. The van der Waals surface area contributed by atoms with Gasteiger partial charge in [-0.1, -0.05) is 0 Å². The third-order valence-electron chi connectivity index (χ3n) is 5.77. The number of rotatable bonds is 4. The lowest BCUT2D eigenvalue weighted by atomic mass is 10.1. The summed E-state index contributed by atoms with van der Waals surface area (Å²) >= 11 is 0. The molecule has 32 heavy (non-hydrogen) atoms.